The van der Waals surface area contributed by atoms with Crippen molar-refractivity contribution in [2.75, 3.05) is 0 Å². The molecule has 46 heavy (non-hydrogen) atoms. The molecule has 214 valence electrons. The zero-order chi connectivity index (χ0) is 34.5. The van der Waals surface area contributed by atoms with Gasteiger partial charge in [-0.3, -0.25) is 4.98 Å². The number of nitrogens with zero attached hydrogens (tertiary/aromatic N) is 4. The van der Waals surface area contributed by atoms with Crippen LogP contribution in [0.4, 0.5) is 0 Å². The SMILES string of the molecule is [2H]c1c([2H])c([2H])c(-c2nc(-c3cccc(-n4c5ccccc5c5c6sc7ccccc7c6c6ccccc6c54)c3)nc3cccnc23)c([2H])c1[2H]. The highest BCUT2D eigenvalue weighted by atomic mass is 32.1. The minimum atomic E-state index is -0.459. The minimum Gasteiger partial charge on any atom is -0.309 e. The van der Waals surface area contributed by atoms with Crippen LogP contribution in [-0.2, 0) is 0 Å². The van der Waals surface area contributed by atoms with E-state index >= 15 is 0 Å². The van der Waals surface area contributed by atoms with E-state index in [0.29, 0.717) is 22.4 Å². The molecule has 4 aromatic heterocycles. The van der Waals surface area contributed by atoms with Gasteiger partial charge >= 0.3 is 0 Å². The van der Waals surface area contributed by atoms with Crippen LogP contribution in [0.25, 0.3) is 92.1 Å². The fraction of sp³-hybridized carbons (Fsp3) is 0. The van der Waals surface area contributed by atoms with Crippen molar-refractivity contribution in [1.82, 2.24) is 19.5 Å². The van der Waals surface area contributed by atoms with E-state index in [1.807, 2.05) is 23.5 Å². The molecule has 4 heterocycles. The predicted octanol–water partition coefficient (Wildman–Crippen LogP) is 11.0. The first kappa shape index (κ1) is 20.9. The van der Waals surface area contributed by atoms with Crippen molar-refractivity contribution in [2.24, 2.45) is 0 Å². The van der Waals surface area contributed by atoms with Gasteiger partial charge in [-0.1, -0.05) is 103 Å². The summed E-state index contributed by atoms with van der Waals surface area (Å²) in [7, 11) is 0. The quantitative estimate of drug-likeness (QED) is 0.200. The Morgan fingerprint density at radius 1 is 0.630 bits per heavy atom. The molecule has 0 N–H and O–H groups in total. The van der Waals surface area contributed by atoms with Gasteiger partial charge in [0.1, 0.15) is 11.2 Å². The summed E-state index contributed by atoms with van der Waals surface area (Å²) >= 11 is 1.83. The lowest BCUT2D eigenvalue weighted by Crippen LogP contribution is -1.98. The Bertz CT molecular complexity index is 3080. The molecule has 4 nitrogen and oxygen atoms in total. The van der Waals surface area contributed by atoms with Crippen molar-refractivity contribution in [1.29, 1.82) is 0 Å². The Kier molecular flexibility index (Phi) is 4.46. The van der Waals surface area contributed by atoms with Crippen LogP contribution in [0.1, 0.15) is 6.85 Å². The molecule has 0 spiro atoms. The third-order valence-corrected chi connectivity index (χ3v) is 9.89. The average Bonchev–Trinajstić information content (AvgIpc) is 3.73. The first-order valence-electron chi connectivity index (χ1n) is 17.5. The fourth-order valence-electron chi connectivity index (χ4n) is 6.81. The summed E-state index contributed by atoms with van der Waals surface area (Å²) in [5, 5.41) is 7.26. The Morgan fingerprint density at radius 2 is 1.41 bits per heavy atom. The molecule has 0 atom stereocenters. The Labute approximate surface area is 274 Å². The number of para-hydroxylation sites is 1. The summed E-state index contributed by atoms with van der Waals surface area (Å²) in [6.07, 6.45) is 1.59. The first-order valence-corrected chi connectivity index (χ1v) is 15.8. The van der Waals surface area contributed by atoms with Crippen molar-refractivity contribution in [3.05, 3.63) is 146 Å². The Morgan fingerprint density at radius 3 is 2.30 bits per heavy atom. The van der Waals surface area contributed by atoms with Gasteiger partial charge in [0.05, 0.1) is 23.4 Å². The standard InChI is InChI=1S/C41H24N4S/c1-2-12-25(13-3-1)37-38-32(20-11-23-42-38)43-41(44-37)26-14-10-15-27(24-26)45-33-21-8-6-18-30(33)36-39(45)29-17-5-4-16-28(29)35-31-19-7-9-22-34(31)46-40(35)36/h1-24H/i1D,2D,3D,12D,13D. The van der Waals surface area contributed by atoms with Crippen LogP contribution < -0.4 is 0 Å². The largest absolute Gasteiger partial charge is 0.309 e. The number of rotatable bonds is 3. The van der Waals surface area contributed by atoms with Crippen LogP contribution in [0.15, 0.2) is 146 Å². The molecule has 0 unspecified atom stereocenters. The van der Waals surface area contributed by atoms with Crippen molar-refractivity contribution in [3.63, 3.8) is 0 Å². The van der Waals surface area contributed by atoms with Gasteiger partial charge in [0.2, 0.25) is 0 Å². The van der Waals surface area contributed by atoms with Gasteiger partial charge in [0.25, 0.3) is 0 Å². The number of benzene rings is 6. The van der Waals surface area contributed by atoms with E-state index in [0.717, 1.165) is 27.5 Å². The molecular formula is C41H24N4S. The molecule has 0 radical (unpaired) electrons. The maximum Gasteiger partial charge on any atom is 0.160 e. The van der Waals surface area contributed by atoms with Gasteiger partial charge in [0, 0.05) is 59.3 Å². The van der Waals surface area contributed by atoms with Crippen LogP contribution in [0.5, 0.6) is 0 Å². The van der Waals surface area contributed by atoms with Gasteiger partial charge < -0.3 is 4.57 Å². The number of pyridine rings is 1. The van der Waals surface area contributed by atoms with E-state index in [4.69, 9.17) is 16.8 Å². The third-order valence-electron chi connectivity index (χ3n) is 8.70. The topological polar surface area (TPSA) is 43.6 Å². The summed E-state index contributed by atoms with van der Waals surface area (Å²) in [4.78, 5) is 14.3. The van der Waals surface area contributed by atoms with E-state index in [2.05, 4.69) is 94.5 Å². The van der Waals surface area contributed by atoms with E-state index in [-0.39, 0.29) is 23.3 Å². The Hall–Kier alpha value is -5.91. The maximum atomic E-state index is 8.70. The number of fused-ring (bicyclic) bond motifs is 11. The zero-order valence-corrected chi connectivity index (χ0v) is 25.0. The summed E-state index contributed by atoms with van der Waals surface area (Å²) in [5.74, 6) is 0.358. The lowest BCUT2D eigenvalue weighted by atomic mass is 9.99. The van der Waals surface area contributed by atoms with Gasteiger partial charge in [0.15, 0.2) is 5.82 Å². The highest BCUT2D eigenvalue weighted by Crippen LogP contribution is 2.48. The van der Waals surface area contributed by atoms with Crippen LogP contribution >= 0.6 is 11.3 Å². The smallest absolute Gasteiger partial charge is 0.160 e. The normalized spacial score (nSPS) is 13.4. The molecule has 10 aromatic rings. The molecular weight excluding hydrogens is 581 g/mol. The van der Waals surface area contributed by atoms with E-state index in [1.165, 1.54) is 30.9 Å². The summed E-state index contributed by atoms with van der Waals surface area (Å²) in [5.41, 5.74) is 4.86. The number of thiophene rings is 1. The Balaban J connectivity index is 1.28. The lowest BCUT2D eigenvalue weighted by molar-refractivity contribution is 1.17. The molecule has 0 aliphatic heterocycles. The van der Waals surface area contributed by atoms with Crippen molar-refractivity contribution in [2.45, 2.75) is 0 Å². The molecule has 10 rings (SSSR count). The molecule has 0 saturated carbocycles. The molecule has 0 fully saturated rings. The molecule has 0 bridgehead atoms. The van der Waals surface area contributed by atoms with Crippen LogP contribution in [0, 0.1) is 0 Å². The van der Waals surface area contributed by atoms with Crippen LogP contribution in [0.2, 0.25) is 0 Å². The summed E-state index contributed by atoms with van der Waals surface area (Å²) in [6, 6.07) is 35.4. The second kappa shape index (κ2) is 9.80. The molecule has 6 aromatic carbocycles. The van der Waals surface area contributed by atoms with E-state index < -0.39 is 18.1 Å². The number of aromatic nitrogens is 4. The van der Waals surface area contributed by atoms with Gasteiger partial charge in [-0.25, -0.2) is 9.97 Å². The van der Waals surface area contributed by atoms with Crippen molar-refractivity contribution >= 4 is 75.1 Å². The summed E-state index contributed by atoms with van der Waals surface area (Å²) in [6.45, 7) is 0. The number of hydrogen-bond acceptors (Lipinski definition) is 4. The second-order valence-corrected chi connectivity index (χ2v) is 12.3. The van der Waals surface area contributed by atoms with E-state index in [1.54, 1.807) is 18.3 Å². The van der Waals surface area contributed by atoms with Crippen LogP contribution in [0.3, 0.4) is 0 Å². The molecule has 0 amide bonds. The third kappa shape index (κ3) is 3.63. The fourth-order valence-corrected chi connectivity index (χ4v) is 8.09. The summed E-state index contributed by atoms with van der Waals surface area (Å²) < 4.78 is 47.0. The molecule has 5 heteroatoms. The van der Waals surface area contributed by atoms with Crippen LogP contribution in [-0.4, -0.2) is 19.5 Å². The molecule has 0 aliphatic carbocycles. The second-order valence-electron chi connectivity index (χ2n) is 11.2. The highest BCUT2D eigenvalue weighted by Gasteiger charge is 2.22. The lowest BCUT2D eigenvalue weighted by Gasteiger charge is -2.13. The number of hydrogen-bond donors (Lipinski definition) is 0. The van der Waals surface area contributed by atoms with Gasteiger partial charge in [-0.15, -0.1) is 11.3 Å². The van der Waals surface area contributed by atoms with Gasteiger partial charge in [-0.2, -0.15) is 0 Å². The molecule has 0 saturated heterocycles. The van der Waals surface area contributed by atoms with E-state index in [9.17, 15) is 0 Å². The predicted molar refractivity (Wildman–Crippen MR) is 193 cm³/mol. The first-order chi connectivity index (χ1) is 24.9. The van der Waals surface area contributed by atoms with Crippen molar-refractivity contribution < 1.29 is 6.85 Å². The maximum absolute atomic E-state index is 8.70. The monoisotopic (exact) mass is 609 g/mol. The van der Waals surface area contributed by atoms with Crippen molar-refractivity contribution in [3.8, 4) is 28.3 Å². The average molecular weight is 610 g/mol. The molecule has 0 aliphatic rings. The highest BCUT2D eigenvalue weighted by molar-refractivity contribution is 7.27. The van der Waals surface area contributed by atoms with Gasteiger partial charge in [-0.05, 0) is 41.8 Å². The minimum absolute atomic E-state index is 0.00859. The zero-order valence-electron chi connectivity index (χ0n) is 29.2.